The van der Waals surface area contributed by atoms with Crippen LogP contribution in [-0.4, -0.2) is 155 Å². The molecule has 135 heavy (non-hydrogen) atoms. The molecule has 0 bridgehead atoms. The molecule has 12 heterocycles. The third-order valence-corrected chi connectivity index (χ3v) is 27.0. The maximum absolute atomic E-state index is 15.6. The van der Waals surface area contributed by atoms with E-state index in [0.717, 1.165) is 0 Å². The highest BCUT2D eigenvalue weighted by Crippen LogP contribution is 2.51. The lowest BCUT2D eigenvalue weighted by Gasteiger charge is -2.36. The van der Waals surface area contributed by atoms with E-state index in [0.29, 0.717) is 114 Å². The number of nitrogen functional groups attached to an aromatic ring is 3. The number of hydrogen-bond donors (Lipinski definition) is 3. The zero-order chi connectivity index (χ0) is 98.7. The molecule has 0 spiro atoms. The number of nitrogens with zero attached hydrogens (tertiary/aromatic N) is 18. The Balaban J connectivity index is 0.000000171. The zero-order valence-corrected chi connectivity index (χ0v) is 80.7. The number of aryl methyl sites for hydroxylation is 3. The first-order chi connectivity index (χ1) is 64.0. The SMILES string of the molecule is C=CC(=O)N1CCN(c2c(C#N)c(=O)n(-c3c(C)ccnc3C(C)C)c3nc(-c4c(N)c(F)c(Cl)c(Cl)c4Cl)c(Cl)cc23)CC1.C=CC(=O)N1CCN(c2c(C#N)c(=O)n(-c3c(C)ccnc3C(C)C)c3nc(-c4c(N)c(F)c(Cl)c(Cl)c4F)c(Cl)cc23)CC1.C=CC(=O)N1CCN(c2c(C#N)c(=O)n(-c3c(C)ccnc3C(C)C)c3nc(-c4c(N)c(F)c(Cl)c(Cl)c4F)c(Cl)cc23)CC1. The van der Waals surface area contributed by atoms with E-state index in [2.05, 4.69) is 62.9 Å². The van der Waals surface area contributed by atoms with Crippen molar-refractivity contribution in [1.82, 2.24) is 58.3 Å². The number of aromatic nitrogens is 9. The molecule has 696 valence electrons. The maximum atomic E-state index is 15.6. The molecule has 12 aromatic rings. The Hall–Kier alpha value is -12.4. The fourth-order valence-electron chi connectivity index (χ4n) is 16.6. The zero-order valence-electron chi connectivity index (χ0n) is 73.2. The third-order valence-electron chi connectivity index (χ3n) is 23.2. The van der Waals surface area contributed by atoms with Crippen LogP contribution in [0.4, 0.5) is 56.1 Å². The van der Waals surface area contributed by atoms with E-state index in [1.165, 1.54) is 50.1 Å². The Morgan fingerprint density at radius 3 is 0.859 bits per heavy atom. The number of nitriles is 3. The first-order valence-corrected chi connectivity index (χ1v) is 45.1. The van der Waals surface area contributed by atoms with Crippen molar-refractivity contribution in [1.29, 1.82) is 15.8 Å². The molecule has 0 atom stereocenters. The van der Waals surface area contributed by atoms with Gasteiger partial charge in [-0.3, -0.25) is 57.4 Å². The fraction of sp³-hybridized carbons (Fsp3) is 0.258. The molecule has 3 amide bonds. The minimum atomic E-state index is -1.16. The van der Waals surface area contributed by atoms with Gasteiger partial charge in [-0.1, -0.05) is 177 Å². The van der Waals surface area contributed by atoms with Gasteiger partial charge in [-0.05, 0) is 110 Å². The van der Waals surface area contributed by atoms with Gasteiger partial charge in [-0.2, -0.15) is 15.8 Å². The molecule has 42 heteroatoms. The predicted molar refractivity (Wildman–Crippen MR) is 522 cm³/mol. The van der Waals surface area contributed by atoms with Gasteiger partial charge in [-0.25, -0.2) is 36.9 Å². The van der Waals surface area contributed by atoms with E-state index in [-0.39, 0.29) is 165 Å². The van der Waals surface area contributed by atoms with Gasteiger partial charge in [0.2, 0.25) is 17.7 Å². The van der Waals surface area contributed by atoms with Crippen molar-refractivity contribution in [2.75, 3.05) is 110 Å². The summed E-state index contributed by atoms with van der Waals surface area (Å²) >= 11 is 62.8. The standard InChI is InChI=1S/C31H26Cl4FN7O2.2C31H26Cl3F2N7O2/c1-5-19(44)41-8-10-42(11-9-41)29-16-12-18(32)27(20-21(33)22(34)23(35)24(36)25(20)38)40-30(16)43(31(45)17(29)13-37)28-15(4)6-7-39-26(28)14(2)3;2*1-5-19(44)41-8-10-42(11-9-41)29-16-12-18(32)27(20-23(35)21(33)22(34)24(36)25(20)38)40-30(16)43(31(45)17(29)13-37)28-15(4)6-7-39-26(28)14(2)3/h3*5-7,12,14H,1,8-11,38H2,2-4H3. The molecule has 3 fully saturated rings. The number of pyridine rings is 9. The first-order valence-electron chi connectivity index (χ1n) is 41.3. The average molecular weight is 2040 g/mol. The molecule has 0 unspecified atom stereocenters. The van der Waals surface area contributed by atoms with Crippen molar-refractivity contribution >= 4 is 201 Å². The second-order valence-corrected chi connectivity index (χ2v) is 36.1. The maximum Gasteiger partial charge on any atom is 0.276 e. The van der Waals surface area contributed by atoms with Crippen LogP contribution < -0.4 is 48.6 Å². The minimum absolute atomic E-state index is 0.00306. The summed E-state index contributed by atoms with van der Waals surface area (Å²) in [6, 6.07) is 15.7. The molecular weight excluding hydrogens is 1960 g/mol. The van der Waals surface area contributed by atoms with Crippen LogP contribution in [0.25, 0.3) is 83.9 Å². The number of nitrogens with two attached hydrogens (primary N) is 3. The molecule has 9 aromatic heterocycles. The fourth-order valence-corrected chi connectivity index (χ4v) is 18.7. The highest BCUT2D eigenvalue weighted by atomic mass is 35.5. The Morgan fingerprint density at radius 1 is 0.378 bits per heavy atom. The molecule has 15 rings (SSSR count). The molecule has 6 N–H and O–H groups in total. The van der Waals surface area contributed by atoms with Gasteiger partial charge in [0.15, 0.2) is 29.1 Å². The van der Waals surface area contributed by atoms with E-state index in [1.807, 2.05) is 53.4 Å². The number of benzene rings is 3. The molecule has 27 nitrogen and oxygen atoms in total. The topological polar surface area (TPSA) is 363 Å². The van der Waals surface area contributed by atoms with Gasteiger partial charge in [0.25, 0.3) is 16.7 Å². The smallest absolute Gasteiger partial charge is 0.276 e. The third kappa shape index (κ3) is 17.9. The number of anilines is 6. The van der Waals surface area contributed by atoms with Gasteiger partial charge >= 0.3 is 0 Å². The van der Waals surface area contributed by atoms with E-state index < -0.39 is 99.1 Å². The van der Waals surface area contributed by atoms with E-state index in [9.17, 15) is 53.3 Å². The van der Waals surface area contributed by atoms with E-state index in [4.69, 9.17) is 138 Å². The molecule has 3 aliphatic rings. The van der Waals surface area contributed by atoms with Gasteiger partial charge in [0, 0.05) is 119 Å². The van der Waals surface area contributed by atoms with Crippen LogP contribution in [0.2, 0.25) is 50.2 Å². The lowest BCUT2D eigenvalue weighted by Crippen LogP contribution is -2.49. The predicted octanol–water partition coefficient (Wildman–Crippen LogP) is 19.7. The summed E-state index contributed by atoms with van der Waals surface area (Å²) in [5.74, 6) is -6.78. The van der Waals surface area contributed by atoms with Gasteiger partial charge in [0.1, 0.15) is 61.9 Å². The van der Waals surface area contributed by atoms with Crippen molar-refractivity contribution in [2.45, 2.75) is 80.1 Å². The normalized spacial score (nSPS) is 13.4. The first kappa shape index (κ1) is 100. The monoisotopic (exact) mass is 2030 g/mol. The highest BCUT2D eigenvalue weighted by molar-refractivity contribution is 6.50. The van der Waals surface area contributed by atoms with Crippen LogP contribution in [0.3, 0.4) is 0 Å². The summed E-state index contributed by atoms with van der Waals surface area (Å²) in [7, 11) is 0. The molecule has 3 aromatic carbocycles. The Labute approximate surface area is 818 Å². The quantitative estimate of drug-likeness (QED) is 0.0282. The number of piperazine rings is 3. The van der Waals surface area contributed by atoms with Crippen molar-refractivity contribution < 1.29 is 36.3 Å². The molecular formula is C93H78Cl10F5N21O6. The highest BCUT2D eigenvalue weighted by Gasteiger charge is 2.38. The van der Waals surface area contributed by atoms with Crippen LogP contribution >= 0.6 is 116 Å². The van der Waals surface area contributed by atoms with E-state index >= 15 is 13.2 Å². The summed E-state index contributed by atoms with van der Waals surface area (Å²) in [6.07, 6.45) is 8.53. The Bertz CT molecular complexity index is 6650. The largest absolute Gasteiger partial charge is 0.396 e. The van der Waals surface area contributed by atoms with Crippen LogP contribution in [0.1, 0.15) is 110 Å². The summed E-state index contributed by atoms with van der Waals surface area (Å²) in [6.45, 7) is 31.0. The molecule has 3 aliphatic heterocycles. The summed E-state index contributed by atoms with van der Waals surface area (Å²) in [5.41, 5.74) is 17.6. The Morgan fingerprint density at radius 2 is 0.615 bits per heavy atom. The number of hydrogen-bond acceptors (Lipinski definition) is 21. The number of rotatable bonds is 15. The van der Waals surface area contributed by atoms with Crippen molar-refractivity contribution in [3.8, 4) is 69.0 Å². The minimum Gasteiger partial charge on any atom is -0.396 e. The number of halogens is 15. The van der Waals surface area contributed by atoms with Crippen molar-refractivity contribution in [2.24, 2.45) is 0 Å². The number of carbonyl (C=O) groups excluding carboxylic acids is 3. The summed E-state index contributed by atoms with van der Waals surface area (Å²) in [4.78, 5) is 118. The van der Waals surface area contributed by atoms with Crippen LogP contribution in [-0.2, 0) is 14.4 Å². The Kier molecular flexibility index (Phi) is 29.9. The summed E-state index contributed by atoms with van der Waals surface area (Å²) < 4.78 is 80.0. The molecule has 0 saturated carbocycles. The van der Waals surface area contributed by atoms with Crippen LogP contribution in [0.5, 0.6) is 0 Å². The van der Waals surface area contributed by atoms with E-state index in [1.54, 1.807) is 75.1 Å². The molecule has 3 saturated heterocycles. The second kappa shape index (κ2) is 40.3. The molecule has 0 aliphatic carbocycles. The average Bonchev–Trinajstić information content (AvgIpc) is 0.728. The lowest BCUT2D eigenvalue weighted by atomic mass is 10.0. The summed E-state index contributed by atoms with van der Waals surface area (Å²) in [5, 5.41) is 28.0. The second-order valence-electron chi connectivity index (χ2n) is 32.2. The van der Waals surface area contributed by atoms with Gasteiger partial charge < -0.3 is 46.6 Å². The van der Waals surface area contributed by atoms with Crippen molar-refractivity contribution in [3.05, 3.63) is 254 Å². The lowest BCUT2D eigenvalue weighted by molar-refractivity contribution is -0.127. The van der Waals surface area contributed by atoms with Crippen molar-refractivity contribution in [3.63, 3.8) is 0 Å². The van der Waals surface area contributed by atoms with Crippen LogP contribution in [0, 0.1) is 83.9 Å². The number of carbonyl (C=O) groups is 3. The number of amides is 3. The van der Waals surface area contributed by atoms with Crippen LogP contribution in [0.15, 0.2) is 107 Å². The molecule has 0 radical (unpaired) electrons. The van der Waals surface area contributed by atoms with Gasteiger partial charge in [-0.15, -0.1) is 0 Å². The number of fused-ring (bicyclic) bond motifs is 3. The van der Waals surface area contributed by atoms with Gasteiger partial charge in [0.05, 0.1) is 137 Å².